The van der Waals surface area contributed by atoms with E-state index >= 15 is 0 Å². The molecule has 2 aromatic rings. The van der Waals surface area contributed by atoms with Gasteiger partial charge in [0.15, 0.2) is 11.6 Å². The standard InChI is InChI=1S/C15H23N5O2/c1-10-16-13(21-18-10)11-6-5-7-20(8-11)9-12-17-14(22-19-12)15(2,3)4/h11H,5-9H2,1-4H3/t11-/m0/s1. The second kappa shape index (κ2) is 5.79. The van der Waals surface area contributed by atoms with Gasteiger partial charge >= 0.3 is 0 Å². The lowest BCUT2D eigenvalue weighted by Gasteiger charge is -2.29. The molecule has 0 bridgehead atoms. The molecule has 3 heterocycles. The van der Waals surface area contributed by atoms with Crippen molar-refractivity contribution in [3.63, 3.8) is 0 Å². The van der Waals surface area contributed by atoms with E-state index in [9.17, 15) is 0 Å². The van der Waals surface area contributed by atoms with Crippen molar-refractivity contribution in [3.8, 4) is 0 Å². The molecule has 1 saturated heterocycles. The predicted molar refractivity (Wildman–Crippen MR) is 79.3 cm³/mol. The Hall–Kier alpha value is -1.76. The number of hydrogen-bond donors (Lipinski definition) is 0. The van der Waals surface area contributed by atoms with E-state index < -0.39 is 0 Å². The lowest BCUT2D eigenvalue weighted by atomic mass is 9.97. The molecule has 1 fully saturated rings. The van der Waals surface area contributed by atoms with Crippen molar-refractivity contribution in [1.82, 2.24) is 25.2 Å². The Morgan fingerprint density at radius 3 is 2.64 bits per heavy atom. The van der Waals surface area contributed by atoms with Crippen molar-refractivity contribution in [2.75, 3.05) is 13.1 Å². The van der Waals surface area contributed by atoms with Crippen molar-refractivity contribution >= 4 is 0 Å². The normalized spacial score (nSPS) is 20.5. The molecule has 7 heteroatoms. The molecule has 0 aromatic carbocycles. The van der Waals surface area contributed by atoms with Crippen LogP contribution in [-0.4, -0.2) is 38.3 Å². The van der Waals surface area contributed by atoms with Gasteiger partial charge in [-0.15, -0.1) is 0 Å². The summed E-state index contributed by atoms with van der Waals surface area (Å²) < 4.78 is 10.7. The summed E-state index contributed by atoms with van der Waals surface area (Å²) in [6.45, 7) is 10.7. The quantitative estimate of drug-likeness (QED) is 0.861. The van der Waals surface area contributed by atoms with Crippen LogP contribution >= 0.6 is 0 Å². The lowest BCUT2D eigenvalue weighted by molar-refractivity contribution is 0.175. The Morgan fingerprint density at radius 1 is 1.18 bits per heavy atom. The van der Waals surface area contributed by atoms with Gasteiger partial charge in [0, 0.05) is 12.0 Å². The highest BCUT2D eigenvalue weighted by molar-refractivity contribution is 5.00. The zero-order valence-electron chi connectivity index (χ0n) is 13.7. The number of aromatic nitrogens is 4. The van der Waals surface area contributed by atoms with Crippen LogP contribution in [0, 0.1) is 6.92 Å². The summed E-state index contributed by atoms with van der Waals surface area (Å²) in [6, 6.07) is 0. The Labute approximate surface area is 130 Å². The molecule has 1 aliphatic heterocycles. The van der Waals surface area contributed by atoms with Gasteiger partial charge in [0.05, 0.1) is 12.5 Å². The Morgan fingerprint density at radius 2 is 2.00 bits per heavy atom. The SMILES string of the molecule is Cc1noc([C@H]2CCCN(Cc3noc(C(C)(C)C)n3)C2)n1. The average molecular weight is 305 g/mol. The maximum atomic E-state index is 5.36. The molecule has 0 saturated carbocycles. The lowest BCUT2D eigenvalue weighted by Crippen LogP contribution is -2.34. The van der Waals surface area contributed by atoms with Crippen molar-refractivity contribution in [1.29, 1.82) is 0 Å². The van der Waals surface area contributed by atoms with Gasteiger partial charge in [0.1, 0.15) is 0 Å². The molecule has 0 amide bonds. The monoisotopic (exact) mass is 305 g/mol. The highest BCUT2D eigenvalue weighted by Crippen LogP contribution is 2.27. The number of piperidine rings is 1. The van der Waals surface area contributed by atoms with Crippen LogP contribution in [0.5, 0.6) is 0 Å². The highest BCUT2D eigenvalue weighted by atomic mass is 16.5. The first-order chi connectivity index (χ1) is 10.4. The summed E-state index contributed by atoms with van der Waals surface area (Å²) in [7, 11) is 0. The van der Waals surface area contributed by atoms with Crippen LogP contribution in [0.4, 0.5) is 0 Å². The molecule has 1 aliphatic rings. The Bertz CT molecular complexity index is 628. The van der Waals surface area contributed by atoms with E-state index in [1.54, 1.807) is 0 Å². The smallest absolute Gasteiger partial charge is 0.232 e. The molecule has 22 heavy (non-hydrogen) atoms. The van der Waals surface area contributed by atoms with E-state index in [1.165, 1.54) is 0 Å². The van der Waals surface area contributed by atoms with Gasteiger partial charge in [-0.1, -0.05) is 31.1 Å². The molecule has 1 atom stereocenters. The second-order valence-corrected chi connectivity index (χ2v) is 7.02. The molecule has 120 valence electrons. The number of rotatable bonds is 3. The zero-order chi connectivity index (χ0) is 15.7. The summed E-state index contributed by atoms with van der Waals surface area (Å²) in [5, 5.41) is 7.99. The van der Waals surface area contributed by atoms with Crippen molar-refractivity contribution in [3.05, 3.63) is 23.4 Å². The Balaban J connectivity index is 1.64. The molecular formula is C15H23N5O2. The van der Waals surface area contributed by atoms with E-state index in [-0.39, 0.29) is 5.41 Å². The van der Waals surface area contributed by atoms with Crippen molar-refractivity contribution < 1.29 is 9.05 Å². The van der Waals surface area contributed by atoms with Gasteiger partial charge in [-0.3, -0.25) is 4.90 Å². The first-order valence-corrected chi connectivity index (χ1v) is 7.77. The van der Waals surface area contributed by atoms with Crippen LogP contribution in [0.2, 0.25) is 0 Å². The van der Waals surface area contributed by atoms with E-state index in [0.717, 1.165) is 37.6 Å². The molecule has 2 aromatic heterocycles. The maximum absolute atomic E-state index is 5.36. The Kier molecular flexibility index (Phi) is 3.99. The fraction of sp³-hybridized carbons (Fsp3) is 0.733. The molecule has 7 nitrogen and oxygen atoms in total. The average Bonchev–Trinajstić information content (AvgIpc) is 3.08. The largest absolute Gasteiger partial charge is 0.339 e. The molecule has 0 aliphatic carbocycles. The molecule has 0 radical (unpaired) electrons. The third-order valence-electron chi connectivity index (χ3n) is 3.87. The molecule has 0 spiro atoms. The van der Waals surface area contributed by atoms with Gasteiger partial charge in [-0.2, -0.15) is 9.97 Å². The van der Waals surface area contributed by atoms with Gasteiger partial charge in [-0.05, 0) is 26.3 Å². The number of nitrogens with zero attached hydrogens (tertiary/aromatic N) is 5. The summed E-state index contributed by atoms with van der Waals surface area (Å²) in [6.07, 6.45) is 2.19. The van der Waals surface area contributed by atoms with Crippen LogP contribution in [0.15, 0.2) is 9.05 Å². The molecular weight excluding hydrogens is 282 g/mol. The van der Waals surface area contributed by atoms with E-state index in [0.29, 0.717) is 24.2 Å². The maximum Gasteiger partial charge on any atom is 0.232 e. The summed E-state index contributed by atoms with van der Waals surface area (Å²) >= 11 is 0. The van der Waals surface area contributed by atoms with Crippen LogP contribution in [-0.2, 0) is 12.0 Å². The topological polar surface area (TPSA) is 81.1 Å². The van der Waals surface area contributed by atoms with Gasteiger partial charge in [-0.25, -0.2) is 0 Å². The van der Waals surface area contributed by atoms with Crippen LogP contribution in [0.1, 0.15) is 63.0 Å². The van der Waals surface area contributed by atoms with Crippen LogP contribution in [0.25, 0.3) is 0 Å². The third-order valence-corrected chi connectivity index (χ3v) is 3.87. The molecule has 0 unspecified atom stereocenters. The van der Waals surface area contributed by atoms with Gasteiger partial charge in [0.2, 0.25) is 11.8 Å². The van der Waals surface area contributed by atoms with Gasteiger partial charge in [0.25, 0.3) is 0 Å². The highest BCUT2D eigenvalue weighted by Gasteiger charge is 2.27. The zero-order valence-corrected chi connectivity index (χ0v) is 13.7. The van der Waals surface area contributed by atoms with Crippen molar-refractivity contribution in [2.24, 2.45) is 0 Å². The molecule has 0 N–H and O–H groups in total. The fourth-order valence-electron chi connectivity index (χ4n) is 2.70. The minimum atomic E-state index is -0.114. The minimum absolute atomic E-state index is 0.114. The summed E-state index contributed by atoms with van der Waals surface area (Å²) in [5.74, 6) is 3.16. The fourth-order valence-corrected chi connectivity index (χ4v) is 2.70. The molecule has 3 rings (SSSR count). The first-order valence-electron chi connectivity index (χ1n) is 7.77. The van der Waals surface area contributed by atoms with E-state index in [2.05, 4.69) is 46.0 Å². The third kappa shape index (κ3) is 3.35. The summed E-state index contributed by atoms with van der Waals surface area (Å²) in [5.41, 5.74) is -0.114. The predicted octanol–water partition coefficient (Wildman–Crippen LogP) is 2.44. The van der Waals surface area contributed by atoms with Crippen LogP contribution in [0.3, 0.4) is 0 Å². The van der Waals surface area contributed by atoms with Crippen molar-refractivity contribution in [2.45, 2.75) is 58.4 Å². The number of likely N-dealkylation sites (tertiary alicyclic amines) is 1. The van der Waals surface area contributed by atoms with E-state index in [4.69, 9.17) is 9.05 Å². The first kappa shape index (κ1) is 15.1. The summed E-state index contributed by atoms with van der Waals surface area (Å²) in [4.78, 5) is 11.2. The van der Waals surface area contributed by atoms with E-state index in [1.807, 2.05) is 6.92 Å². The van der Waals surface area contributed by atoms with Crippen LogP contribution < -0.4 is 0 Å². The minimum Gasteiger partial charge on any atom is -0.339 e. The number of aryl methyl sites for hydroxylation is 1. The number of hydrogen-bond acceptors (Lipinski definition) is 7. The second-order valence-electron chi connectivity index (χ2n) is 7.02. The van der Waals surface area contributed by atoms with Gasteiger partial charge < -0.3 is 9.05 Å².